The third kappa shape index (κ3) is 4.99. The van der Waals surface area contributed by atoms with Gasteiger partial charge >= 0.3 is 12.2 Å². The molecule has 0 saturated carbocycles. The van der Waals surface area contributed by atoms with Crippen molar-refractivity contribution >= 4 is 11.9 Å². The SMILES string of the molecule is COc1nc(NN)nc(NCCCC(F)(F)F)n1. The van der Waals surface area contributed by atoms with Gasteiger partial charge in [-0.2, -0.15) is 28.1 Å². The first-order valence-corrected chi connectivity index (χ1v) is 5.02. The quantitative estimate of drug-likeness (QED) is 0.400. The summed E-state index contributed by atoms with van der Waals surface area (Å²) in [6.07, 6.45) is -5.12. The summed E-state index contributed by atoms with van der Waals surface area (Å²) in [5.74, 6) is 5.27. The fourth-order valence-electron chi connectivity index (χ4n) is 1.08. The van der Waals surface area contributed by atoms with Gasteiger partial charge in [0.1, 0.15) is 0 Å². The van der Waals surface area contributed by atoms with Crippen LogP contribution in [0.4, 0.5) is 25.1 Å². The van der Waals surface area contributed by atoms with Crippen LogP contribution in [0.2, 0.25) is 0 Å². The molecule has 18 heavy (non-hydrogen) atoms. The van der Waals surface area contributed by atoms with Gasteiger partial charge in [0.2, 0.25) is 11.9 Å². The maximum atomic E-state index is 11.9. The number of nitrogens with one attached hydrogen (secondary N) is 2. The van der Waals surface area contributed by atoms with Crippen molar-refractivity contribution < 1.29 is 17.9 Å². The summed E-state index contributed by atoms with van der Waals surface area (Å²) in [7, 11) is 1.35. The smallest absolute Gasteiger partial charge is 0.389 e. The van der Waals surface area contributed by atoms with Crippen LogP contribution in [-0.2, 0) is 0 Å². The number of nitrogens with zero attached hydrogens (tertiary/aromatic N) is 3. The van der Waals surface area contributed by atoms with Crippen molar-refractivity contribution in [2.75, 3.05) is 24.4 Å². The molecule has 0 aliphatic heterocycles. The molecular formula is C8H13F3N6O. The fourth-order valence-corrected chi connectivity index (χ4v) is 1.08. The lowest BCUT2D eigenvalue weighted by atomic mass is 10.3. The highest BCUT2D eigenvalue weighted by atomic mass is 19.4. The number of alkyl halides is 3. The number of hydrogen-bond donors (Lipinski definition) is 3. The van der Waals surface area contributed by atoms with E-state index in [1.54, 1.807) is 0 Å². The van der Waals surface area contributed by atoms with Gasteiger partial charge in [-0.15, -0.1) is 0 Å². The van der Waals surface area contributed by atoms with E-state index >= 15 is 0 Å². The number of methoxy groups -OCH3 is 1. The lowest BCUT2D eigenvalue weighted by molar-refractivity contribution is -0.134. The lowest BCUT2D eigenvalue weighted by Gasteiger charge is -2.08. The summed E-state index contributed by atoms with van der Waals surface area (Å²) >= 11 is 0. The van der Waals surface area contributed by atoms with Crippen molar-refractivity contribution in [2.24, 2.45) is 5.84 Å². The molecule has 0 spiro atoms. The molecule has 1 rings (SSSR count). The molecule has 0 aliphatic rings. The fraction of sp³-hybridized carbons (Fsp3) is 0.625. The van der Waals surface area contributed by atoms with Crippen molar-refractivity contribution in [3.05, 3.63) is 0 Å². The van der Waals surface area contributed by atoms with E-state index in [2.05, 4.69) is 25.7 Å². The van der Waals surface area contributed by atoms with Crippen LogP contribution in [0, 0.1) is 0 Å². The van der Waals surface area contributed by atoms with Gasteiger partial charge < -0.3 is 10.1 Å². The van der Waals surface area contributed by atoms with E-state index in [1.807, 2.05) is 0 Å². The number of anilines is 2. The van der Waals surface area contributed by atoms with Gasteiger partial charge in [-0.05, 0) is 6.42 Å². The molecule has 0 unspecified atom stereocenters. The lowest BCUT2D eigenvalue weighted by Crippen LogP contribution is -2.15. The molecule has 0 amide bonds. The average Bonchev–Trinajstić information content (AvgIpc) is 2.33. The zero-order valence-electron chi connectivity index (χ0n) is 9.58. The van der Waals surface area contributed by atoms with Crippen LogP contribution in [0.1, 0.15) is 12.8 Å². The summed E-state index contributed by atoms with van der Waals surface area (Å²) in [6, 6.07) is 0.0104. The van der Waals surface area contributed by atoms with Gasteiger partial charge in [0.05, 0.1) is 7.11 Å². The Kier molecular flexibility index (Phi) is 4.89. The molecule has 1 aromatic heterocycles. The van der Waals surface area contributed by atoms with E-state index in [9.17, 15) is 13.2 Å². The molecule has 10 heteroatoms. The molecular weight excluding hydrogens is 253 g/mol. The third-order valence-corrected chi connectivity index (χ3v) is 1.85. The molecule has 0 fully saturated rings. The zero-order valence-corrected chi connectivity index (χ0v) is 9.58. The van der Waals surface area contributed by atoms with Crippen LogP contribution >= 0.6 is 0 Å². The molecule has 0 saturated heterocycles. The largest absolute Gasteiger partial charge is 0.467 e. The first-order chi connectivity index (χ1) is 8.44. The van der Waals surface area contributed by atoms with Gasteiger partial charge in [-0.1, -0.05) is 0 Å². The topological polar surface area (TPSA) is 98.0 Å². The first-order valence-electron chi connectivity index (χ1n) is 5.02. The van der Waals surface area contributed by atoms with Crippen molar-refractivity contribution in [1.82, 2.24) is 15.0 Å². The van der Waals surface area contributed by atoms with E-state index in [0.29, 0.717) is 0 Å². The predicted molar refractivity (Wildman–Crippen MR) is 58.0 cm³/mol. The molecule has 0 atom stereocenters. The highest BCUT2D eigenvalue weighted by molar-refractivity contribution is 5.34. The molecule has 1 heterocycles. The normalized spacial score (nSPS) is 11.2. The summed E-state index contributed by atoms with van der Waals surface area (Å²) < 4.78 is 40.5. The predicted octanol–water partition coefficient (Wildman–Crippen LogP) is 0.920. The minimum Gasteiger partial charge on any atom is -0.467 e. The molecule has 0 aromatic carbocycles. The Morgan fingerprint density at radius 2 is 1.89 bits per heavy atom. The molecule has 0 radical (unpaired) electrons. The maximum Gasteiger partial charge on any atom is 0.389 e. The minimum absolute atomic E-state index is 0.0104. The Morgan fingerprint density at radius 1 is 1.22 bits per heavy atom. The van der Waals surface area contributed by atoms with Crippen molar-refractivity contribution in [3.8, 4) is 6.01 Å². The molecule has 4 N–H and O–H groups in total. The minimum atomic E-state index is -4.16. The number of nitrogens with two attached hydrogens (primary N) is 1. The van der Waals surface area contributed by atoms with E-state index in [4.69, 9.17) is 10.6 Å². The van der Waals surface area contributed by atoms with E-state index in [-0.39, 0.29) is 30.9 Å². The Balaban J connectivity index is 2.51. The number of rotatable bonds is 6. The number of halogens is 3. The number of hydrogen-bond acceptors (Lipinski definition) is 7. The van der Waals surface area contributed by atoms with Crippen LogP contribution in [0.5, 0.6) is 6.01 Å². The second-order valence-electron chi connectivity index (χ2n) is 3.26. The number of ether oxygens (including phenoxy) is 1. The highest BCUT2D eigenvalue weighted by Gasteiger charge is 2.25. The van der Waals surface area contributed by atoms with Crippen LogP contribution in [0.25, 0.3) is 0 Å². The van der Waals surface area contributed by atoms with Crippen LogP contribution in [-0.4, -0.2) is 34.8 Å². The second-order valence-corrected chi connectivity index (χ2v) is 3.26. The molecule has 1 aromatic rings. The molecule has 102 valence electrons. The maximum absolute atomic E-state index is 11.9. The van der Waals surface area contributed by atoms with Gasteiger partial charge in [0, 0.05) is 13.0 Å². The number of hydrazine groups is 1. The third-order valence-electron chi connectivity index (χ3n) is 1.85. The Labute approximate surface area is 101 Å². The van der Waals surface area contributed by atoms with E-state index in [1.165, 1.54) is 7.11 Å². The monoisotopic (exact) mass is 266 g/mol. The van der Waals surface area contributed by atoms with Crippen molar-refractivity contribution in [2.45, 2.75) is 19.0 Å². The second kappa shape index (κ2) is 6.19. The van der Waals surface area contributed by atoms with Gasteiger partial charge in [0.15, 0.2) is 0 Å². The standard InChI is InChI=1S/C8H13F3N6O/c1-18-7-15-5(14-6(16-7)17-12)13-4-2-3-8(9,10)11/h2-4,12H2,1H3,(H2,13,14,15,16,17). The van der Waals surface area contributed by atoms with E-state index in [0.717, 1.165) is 0 Å². The van der Waals surface area contributed by atoms with Crippen LogP contribution in [0.15, 0.2) is 0 Å². The molecule has 7 nitrogen and oxygen atoms in total. The van der Waals surface area contributed by atoms with Crippen molar-refractivity contribution in [3.63, 3.8) is 0 Å². The van der Waals surface area contributed by atoms with Crippen molar-refractivity contribution in [1.29, 1.82) is 0 Å². The first kappa shape index (κ1) is 14.2. The zero-order chi connectivity index (χ0) is 13.6. The number of nitrogen functional groups attached to an aromatic ring is 1. The van der Waals surface area contributed by atoms with Crippen LogP contribution < -0.4 is 21.3 Å². The number of aromatic nitrogens is 3. The Morgan fingerprint density at radius 3 is 2.44 bits per heavy atom. The highest BCUT2D eigenvalue weighted by Crippen LogP contribution is 2.21. The summed E-state index contributed by atoms with van der Waals surface area (Å²) in [6.45, 7) is 0.0800. The Hall–Kier alpha value is -1.84. The van der Waals surface area contributed by atoms with Gasteiger partial charge in [0.25, 0.3) is 0 Å². The summed E-state index contributed by atoms with van der Waals surface area (Å²) in [4.78, 5) is 11.3. The Bertz CT molecular complexity index is 363. The molecule has 0 aliphatic carbocycles. The van der Waals surface area contributed by atoms with Crippen LogP contribution in [0.3, 0.4) is 0 Å². The molecule has 0 bridgehead atoms. The average molecular weight is 266 g/mol. The summed E-state index contributed by atoms with van der Waals surface area (Å²) in [5.41, 5.74) is 2.19. The van der Waals surface area contributed by atoms with Gasteiger partial charge in [-0.25, -0.2) is 5.84 Å². The van der Waals surface area contributed by atoms with Gasteiger partial charge in [-0.3, -0.25) is 5.43 Å². The summed E-state index contributed by atoms with van der Waals surface area (Å²) in [5, 5.41) is 2.63. The van der Waals surface area contributed by atoms with E-state index < -0.39 is 12.6 Å².